The minimum absolute atomic E-state index is 0.155. The Bertz CT molecular complexity index is 782. The van der Waals surface area contributed by atoms with Crippen LogP contribution in [0.4, 0.5) is 5.95 Å². The van der Waals surface area contributed by atoms with E-state index in [1.54, 1.807) is 19.0 Å². The van der Waals surface area contributed by atoms with Gasteiger partial charge in [-0.3, -0.25) is 9.78 Å². The number of ether oxygens (including phenoxy) is 1. The molecule has 1 aliphatic rings. The number of fused-ring (bicyclic) bond motifs is 1. The average Bonchev–Trinajstić information content (AvgIpc) is 3.08. The molecule has 23 heavy (non-hydrogen) atoms. The Morgan fingerprint density at radius 2 is 2.39 bits per heavy atom. The Hall–Kier alpha value is -2.30. The van der Waals surface area contributed by atoms with Crippen LogP contribution in [0.2, 0.25) is 0 Å². The van der Waals surface area contributed by atoms with Crippen LogP contribution in [0.15, 0.2) is 16.0 Å². The van der Waals surface area contributed by atoms with Crippen LogP contribution in [-0.2, 0) is 4.74 Å². The summed E-state index contributed by atoms with van der Waals surface area (Å²) < 4.78 is 6.95. The first-order valence-corrected chi connectivity index (χ1v) is 7.12. The Morgan fingerprint density at radius 3 is 3.04 bits per heavy atom. The summed E-state index contributed by atoms with van der Waals surface area (Å²) in [5.41, 5.74) is -0.116. The lowest BCUT2D eigenvalue weighted by Gasteiger charge is -2.11. The smallest absolute Gasteiger partial charge is 0.263 e. The monoisotopic (exact) mass is 322 g/mol. The van der Waals surface area contributed by atoms with Gasteiger partial charge in [0.05, 0.1) is 19.0 Å². The zero-order valence-corrected chi connectivity index (χ0v) is 12.7. The number of aliphatic imine (C=N–C) groups is 1. The third-order valence-corrected chi connectivity index (χ3v) is 3.48. The highest BCUT2D eigenvalue weighted by molar-refractivity contribution is 5.74. The van der Waals surface area contributed by atoms with E-state index in [2.05, 4.69) is 20.1 Å². The maximum atomic E-state index is 12.1. The number of hydrogen-bond donors (Lipinski definition) is 3. The van der Waals surface area contributed by atoms with Gasteiger partial charge in [-0.25, -0.2) is 9.67 Å². The molecule has 2 aromatic rings. The van der Waals surface area contributed by atoms with E-state index in [0.29, 0.717) is 5.39 Å². The summed E-state index contributed by atoms with van der Waals surface area (Å²) in [6.45, 7) is -0.277. The molecule has 1 saturated heterocycles. The second-order valence-electron chi connectivity index (χ2n) is 5.56. The highest BCUT2D eigenvalue weighted by Crippen LogP contribution is 2.28. The summed E-state index contributed by atoms with van der Waals surface area (Å²) in [7, 11) is 3.60. The van der Waals surface area contributed by atoms with E-state index in [0.717, 1.165) is 0 Å². The number of aromatic nitrogens is 4. The highest BCUT2D eigenvalue weighted by Gasteiger charge is 2.35. The van der Waals surface area contributed by atoms with Crippen LogP contribution in [0.5, 0.6) is 0 Å². The molecule has 10 nitrogen and oxygen atoms in total. The maximum absolute atomic E-state index is 12.1. The molecule has 0 radical (unpaired) electrons. The first-order valence-electron chi connectivity index (χ1n) is 7.12. The second-order valence-corrected chi connectivity index (χ2v) is 5.56. The van der Waals surface area contributed by atoms with Gasteiger partial charge in [-0.05, 0) is 0 Å². The molecule has 2 aromatic heterocycles. The minimum atomic E-state index is -0.774. The van der Waals surface area contributed by atoms with Crippen LogP contribution in [-0.4, -0.2) is 74.1 Å². The van der Waals surface area contributed by atoms with Crippen molar-refractivity contribution in [1.29, 1.82) is 0 Å². The van der Waals surface area contributed by atoms with Crippen LogP contribution in [0.25, 0.3) is 11.0 Å². The third-order valence-electron chi connectivity index (χ3n) is 3.48. The first-order chi connectivity index (χ1) is 11.0. The predicted molar refractivity (Wildman–Crippen MR) is 81.6 cm³/mol. The molecule has 0 aromatic carbocycles. The molecule has 3 atom stereocenters. The lowest BCUT2D eigenvalue weighted by molar-refractivity contribution is -0.0482. The fraction of sp³-hybridized carbons (Fsp3) is 0.538. The van der Waals surface area contributed by atoms with Crippen molar-refractivity contribution in [3.63, 3.8) is 0 Å². The van der Waals surface area contributed by atoms with Gasteiger partial charge in [0.1, 0.15) is 11.5 Å². The number of nitrogens with one attached hydrogen (secondary N) is 1. The summed E-state index contributed by atoms with van der Waals surface area (Å²) in [6.07, 6.45) is 1.33. The lowest BCUT2D eigenvalue weighted by atomic mass is 10.2. The van der Waals surface area contributed by atoms with Crippen LogP contribution in [0.1, 0.15) is 12.6 Å². The number of nitrogens with zero attached hydrogens (tertiary/aromatic N) is 5. The van der Waals surface area contributed by atoms with Gasteiger partial charge in [-0.1, -0.05) is 0 Å². The molecule has 1 aliphatic heterocycles. The normalized spacial score (nSPS) is 24.8. The van der Waals surface area contributed by atoms with Gasteiger partial charge in [0, 0.05) is 26.7 Å². The first kappa shape index (κ1) is 15.6. The number of aliphatic hydroxyl groups excluding tert-OH is 2. The Kier molecular flexibility index (Phi) is 4.11. The average molecular weight is 322 g/mol. The Labute approximate surface area is 131 Å². The Balaban J connectivity index is 1.93. The molecule has 1 fully saturated rings. The van der Waals surface area contributed by atoms with E-state index in [-0.39, 0.29) is 30.2 Å². The largest absolute Gasteiger partial charge is 0.394 e. The van der Waals surface area contributed by atoms with Gasteiger partial charge in [0.2, 0.25) is 5.95 Å². The number of aliphatic hydroxyl groups is 2. The highest BCUT2D eigenvalue weighted by atomic mass is 16.5. The number of hydrogen-bond acceptors (Lipinski definition) is 7. The van der Waals surface area contributed by atoms with Gasteiger partial charge in [0.25, 0.3) is 5.56 Å². The zero-order valence-electron chi connectivity index (χ0n) is 12.7. The van der Waals surface area contributed by atoms with Crippen molar-refractivity contribution >= 4 is 23.3 Å². The van der Waals surface area contributed by atoms with Crippen molar-refractivity contribution in [2.45, 2.75) is 24.9 Å². The minimum Gasteiger partial charge on any atom is -0.394 e. The van der Waals surface area contributed by atoms with Crippen molar-refractivity contribution in [1.82, 2.24) is 24.6 Å². The SMILES string of the molecule is CN(C)/C=N/c1nc2nn([C@H]3C[C@H](O)[C@@H](CO)O3)cc2c(=O)[nH]1. The molecule has 10 heteroatoms. The molecule has 124 valence electrons. The molecule has 0 saturated carbocycles. The summed E-state index contributed by atoms with van der Waals surface area (Å²) >= 11 is 0. The fourth-order valence-electron chi connectivity index (χ4n) is 2.34. The number of H-pyrrole nitrogens is 1. The van der Waals surface area contributed by atoms with Crippen LogP contribution in [0.3, 0.4) is 0 Å². The van der Waals surface area contributed by atoms with E-state index < -0.39 is 18.4 Å². The second kappa shape index (κ2) is 6.07. The summed E-state index contributed by atoms with van der Waals surface area (Å²) in [4.78, 5) is 24.6. The zero-order chi connectivity index (χ0) is 16.6. The van der Waals surface area contributed by atoms with E-state index >= 15 is 0 Å². The van der Waals surface area contributed by atoms with Crippen molar-refractivity contribution in [3.8, 4) is 0 Å². The standard InChI is InChI=1S/C13H18N6O4/c1-18(2)6-14-13-15-11-7(12(22)16-13)4-19(17-11)10-3-8(21)9(5-20)23-10/h4,6,8-10,20-21H,3,5H2,1-2H3,(H,15,16,17,22)/b14-6+/t8-,9+,10+/m0/s1. The van der Waals surface area contributed by atoms with Gasteiger partial charge in [-0.15, -0.1) is 5.10 Å². The molecule has 3 heterocycles. The summed E-state index contributed by atoms with van der Waals surface area (Å²) in [5, 5.41) is 23.4. The predicted octanol–water partition coefficient (Wildman–Crippen LogP) is -1.02. The van der Waals surface area contributed by atoms with Crippen molar-refractivity contribution in [2.75, 3.05) is 20.7 Å². The molecule has 3 N–H and O–H groups in total. The number of rotatable bonds is 4. The van der Waals surface area contributed by atoms with E-state index in [9.17, 15) is 9.90 Å². The molecule has 0 amide bonds. The Morgan fingerprint density at radius 1 is 1.61 bits per heavy atom. The third kappa shape index (κ3) is 3.09. The van der Waals surface area contributed by atoms with Crippen LogP contribution in [0, 0.1) is 0 Å². The van der Waals surface area contributed by atoms with Crippen molar-refractivity contribution in [2.24, 2.45) is 4.99 Å². The van der Waals surface area contributed by atoms with Crippen molar-refractivity contribution in [3.05, 3.63) is 16.6 Å². The fourth-order valence-corrected chi connectivity index (χ4v) is 2.34. The van der Waals surface area contributed by atoms with Crippen LogP contribution >= 0.6 is 0 Å². The maximum Gasteiger partial charge on any atom is 0.263 e. The van der Waals surface area contributed by atoms with Gasteiger partial charge < -0.3 is 19.8 Å². The van der Waals surface area contributed by atoms with Gasteiger partial charge in [0.15, 0.2) is 11.9 Å². The van der Waals surface area contributed by atoms with Gasteiger partial charge >= 0.3 is 0 Å². The molecular weight excluding hydrogens is 304 g/mol. The molecule has 0 bridgehead atoms. The molecule has 3 rings (SSSR count). The molecule has 0 aliphatic carbocycles. The molecule has 0 spiro atoms. The van der Waals surface area contributed by atoms with E-state index in [1.807, 2.05) is 0 Å². The van der Waals surface area contributed by atoms with Crippen LogP contribution < -0.4 is 5.56 Å². The lowest BCUT2D eigenvalue weighted by Crippen LogP contribution is -2.24. The number of aromatic amines is 1. The summed E-state index contributed by atoms with van der Waals surface area (Å²) in [5.74, 6) is 0.155. The molecular formula is C13H18N6O4. The summed E-state index contributed by atoms with van der Waals surface area (Å²) in [6, 6.07) is 0. The van der Waals surface area contributed by atoms with Gasteiger partial charge in [-0.2, -0.15) is 4.98 Å². The molecule has 0 unspecified atom stereocenters. The van der Waals surface area contributed by atoms with E-state index in [1.165, 1.54) is 17.2 Å². The quantitative estimate of drug-likeness (QED) is 0.485. The topological polar surface area (TPSA) is 129 Å². The van der Waals surface area contributed by atoms with Crippen molar-refractivity contribution < 1.29 is 14.9 Å². The van der Waals surface area contributed by atoms with E-state index in [4.69, 9.17) is 9.84 Å².